The summed E-state index contributed by atoms with van der Waals surface area (Å²) in [5.41, 5.74) is 6.83. The van der Waals surface area contributed by atoms with Gasteiger partial charge in [-0.1, -0.05) is 5.16 Å². The number of nitrogens with zero attached hydrogens (tertiary/aromatic N) is 3. The Morgan fingerprint density at radius 3 is 2.37 bits per heavy atom. The zero-order valence-corrected chi connectivity index (χ0v) is 11.2. The van der Waals surface area contributed by atoms with E-state index in [-0.39, 0.29) is 5.84 Å². The van der Waals surface area contributed by atoms with Crippen LogP contribution in [0.5, 0.6) is 0 Å². The van der Waals surface area contributed by atoms with Crippen LogP contribution in [-0.4, -0.2) is 56.5 Å². The van der Waals surface area contributed by atoms with Crippen molar-refractivity contribution in [2.45, 2.75) is 0 Å². The van der Waals surface area contributed by atoms with Crippen LogP contribution >= 0.6 is 0 Å². The molecule has 0 amide bonds. The number of hydrogen-bond acceptors (Lipinski definition) is 6. The van der Waals surface area contributed by atoms with E-state index in [1.54, 1.807) is 26.5 Å². The van der Waals surface area contributed by atoms with Gasteiger partial charge in [0.25, 0.3) is 0 Å². The van der Waals surface area contributed by atoms with Crippen LogP contribution in [0, 0.1) is 0 Å². The Balaban J connectivity index is 2.77. The van der Waals surface area contributed by atoms with Gasteiger partial charge < -0.3 is 25.3 Å². The van der Waals surface area contributed by atoms with Gasteiger partial charge in [0.05, 0.1) is 25.1 Å². The van der Waals surface area contributed by atoms with Crippen molar-refractivity contribution >= 4 is 11.5 Å². The molecular formula is C12H20N4O3. The highest BCUT2D eigenvalue weighted by Gasteiger charge is 2.08. The molecule has 1 heterocycles. The fourth-order valence-electron chi connectivity index (χ4n) is 1.55. The van der Waals surface area contributed by atoms with Crippen molar-refractivity contribution in [2.75, 3.05) is 45.4 Å². The molecule has 7 heteroatoms. The average Bonchev–Trinajstić information content (AvgIpc) is 2.47. The summed E-state index contributed by atoms with van der Waals surface area (Å²) in [5.74, 6) is -0.00752. The number of methoxy groups -OCH3 is 2. The molecule has 0 fully saturated rings. The molecule has 19 heavy (non-hydrogen) atoms. The average molecular weight is 268 g/mol. The van der Waals surface area contributed by atoms with Crippen LogP contribution in [0.2, 0.25) is 0 Å². The maximum absolute atomic E-state index is 8.58. The van der Waals surface area contributed by atoms with E-state index in [1.807, 2.05) is 6.07 Å². The highest BCUT2D eigenvalue weighted by Crippen LogP contribution is 2.12. The van der Waals surface area contributed by atoms with E-state index in [4.69, 9.17) is 20.4 Å². The zero-order valence-electron chi connectivity index (χ0n) is 11.2. The molecule has 0 spiro atoms. The molecule has 0 atom stereocenters. The van der Waals surface area contributed by atoms with Gasteiger partial charge in [0.2, 0.25) is 0 Å². The normalized spacial score (nSPS) is 11.6. The summed E-state index contributed by atoms with van der Waals surface area (Å²) in [6.45, 7) is 2.71. The Morgan fingerprint density at radius 2 is 1.95 bits per heavy atom. The summed E-state index contributed by atoms with van der Waals surface area (Å²) in [7, 11) is 3.32. The summed E-state index contributed by atoms with van der Waals surface area (Å²) in [6.07, 6.45) is 1.68. The first-order chi connectivity index (χ1) is 9.22. The van der Waals surface area contributed by atoms with Crippen LogP contribution in [-0.2, 0) is 9.47 Å². The lowest BCUT2D eigenvalue weighted by molar-refractivity contribution is 0.190. The van der Waals surface area contributed by atoms with Gasteiger partial charge in [0.1, 0.15) is 5.69 Å². The van der Waals surface area contributed by atoms with Crippen LogP contribution in [0.4, 0.5) is 5.69 Å². The second-order valence-corrected chi connectivity index (χ2v) is 3.86. The molecule has 7 nitrogen and oxygen atoms in total. The quantitative estimate of drug-likeness (QED) is 0.304. The first-order valence-electron chi connectivity index (χ1n) is 5.89. The largest absolute Gasteiger partial charge is 0.409 e. The molecule has 0 aliphatic carbocycles. The molecule has 1 rings (SSSR count). The van der Waals surface area contributed by atoms with E-state index in [0.29, 0.717) is 18.9 Å². The monoisotopic (exact) mass is 268 g/mol. The van der Waals surface area contributed by atoms with Gasteiger partial charge in [-0.05, 0) is 12.1 Å². The molecule has 0 bridgehead atoms. The van der Waals surface area contributed by atoms with Crippen molar-refractivity contribution in [3.05, 3.63) is 24.0 Å². The van der Waals surface area contributed by atoms with Crippen LogP contribution < -0.4 is 10.6 Å². The molecule has 1 aromatic rings. The molecule has 106 valence electrons. The van der Waals surface area contributed by atoms with E-state index in [1.165, 1.54) is 0 Å². The third-order valence-electron chi connectivity index (χ3n) is 2.61. The number of anilines is 1. The Morgan fingerprint density at radius 1 is 1.32 bits per heavy atom. The lowest BCUT2D eigenvalue weighted by Gasteiger charge is -2.23. The molecule has 0 aromatic carbocycles. The number of ether oxygens (including phenoxy) is 2. The third kappa shape index (κ3) is 4.72. The number of hydrogen-bond donors (Lipinski definition) is 2. The van der Waals surface area contributed by atoms with Gasteiger partial charge in [0, 0.05) is 27.3 Å². The Bertz CT molecular complexity index is 386. The van der Waals surface area contributed by atoms with Gasteiger partial charge in [-0.3, -0.25) is 4.98 Å². The Hall–Kier alpha value is -1.86. The van der Waals surface area contributed by atoms with E-state index < -0.39 is 0 Å². The van der Waals surface area contributed by atoms with Crippen LogP contribution in [0.3, 0.4) is 0 Å². The van der Waals surface area contributed by atoms with Gasteiger partial charge >= 0.3 is 0 Å². The highest BCUT2D eigenvalue weighted by atomic mass is 16.5. The molecule has 0 unspecified atom stereocenters. The lowest BCUT2D eigenvalue weighted by Crippen LogP contribution is -2.30. The fraction of sp³-hybridized carbons (Fsp3) is 0.500. The van der Waals surface area contributed by atoms with Crippen LogP contribution in [0.25, 0.3) is 0 Å². The number of nitrogens with two attached hydrogens (primary N) is 1. The molecule has 0 saturated heterocycles. The summed E-state index contributed by atoms with van der Waals surface area (Å²) >= 11 is 0. The molecule has 0 saturated carbocycles. The van der Waals surface area contributed by atoms with Gasteiger partial charge in [-0.2, -0.15) is 0 Å². The molecule has 1 aromatic heterocycles. The smallest absolute Gasteiger partial charge is 0.188 e. The minimum Gasteiger partial charge on any atom is -0.409 e. The van der Waals surface area contributed by atoms with Gasteiger partial charge in [0.15, 0.2) is 5.84 Å². The van der Waals surface area contributed by atoms with E-state index in [0.717, 1.165) is 18.8 Å². The number of amidine groups is 1. The predicted octanol–water partition coefficient (Wildman–Crippen LogP) is 0.275. The van der Waals surface area contributed by atoms with Crippen LogP contribution in [0.15, 0.2) is 23.5 Å². The first kappa shape index (κ1) is 15.2. The predicted molar refractivity (Wildman–Crippen MR) is 72.7 cm³/mol. The van der Waals surface area contributed by atoms with Gasteiger partial charge in [-0.15, -0.1) is 0 Å². The summed E-state index contributed by atoms with van der Waals surface area (Å²) in [6, 6.07) is 3.57. The van der Waals surface area contributed by atoms with E-state index in [9.17, 15) is 0 Å². The Kier molecular flexibility index (Phi) is 6.62. The lowest BCUT2D eigenvalue weighted by atomic mass is 10.3. The molecule has 0 radical (unpaired) electrons. The third-order valence-corrected chi connectivity index (χ3v) is 2.61. The second kappa shape index (κ2) is 8.28. The van der Waals surface area contributed by atoms with Gasteiger partial charge in [-0.25, -0.2) is 0 Å². The molecule has 3 N–H and O–H groups in total. The Labute approximate surface area is 112 Å². The standard InChI is InChI=1S/C12H20N4O3/c1-18-7-5-16(6-8-19-2)10-3-4-11(14-9-10)12(13)15-17/h3-4,9,17H,5-8H2,1-2H3,(H2,13,15). The number of aromatic nitrogens is 1. The highest BCUT2D eigenvalue weighted by molar-refractivity contribution is 5.95. The molecular weight excluding hydrogens is 248 g/mol. The topological polar surface area (TPSA) is 93.2 Å². The minimum absolute atomic E-state index is 0.00752. The van der Waals surface area contributed by atoms with Crippen molar-refractivity contribution in [3.63, 3.8) is 0 Å². The number of pyridine rings is 1. The zero-order chi connectivity index (χ0) is 14.1. The van der Waals surface area contributed by atoms with Crippen LogP contribution in [0.1, 0.15) is 5.69 Å². The van der Waals surface area contributed by atoms with E-state index in [2.05, 4.69) is 15.0 Å². The van der Waals surface area contributed by atoms with Crippen molar-refractivity contribution in [1.82, 2.24) is 4.98 Å². The first-order valence-corrected chi connectivity index (χ1v) is 5.89. The maximum atomic E-state index is 8.58. The van der Waals surface area contributed by atoms with Crippen molar-refractivity contribution in [3.8, 4) is 0 Å². The van der Waals surface area contributed by atoms with Crippen molar-refractivity contribution in [1.29, 1.82) is 0 Å². The summed E-state index contributed by atoms with van der Waals surface area (Å²) < 4.78 is 10.2. The second-order valence-electron chi connectivity index (χ2n) is 3.86. The van der Waals surface area contributed by atoms with Crippen molar-refractivity contribution in [2.24, 2.45) is 10.9 Å². The number of rotatable bonds is 8. The SMILES string of the molecule is COCCN(CCOC)c1ccc(/C(N)=N/O)nc1. The van der Waals surface area contributed by atoms with E-state index >= 15 is 0 Å². The fourth-order valence-corrected chi connectivity index (χ4v) is 1.55. The summed E-state index contributed by atoms with van der Waals surface area (Å²) in [4.78, 5) is 6.24. The number of oxime groups is 1. The summed E-state index contributed by atoms with van der Waals surface area (Å²) in [5, 5.41) is 11.5. The minimum atomic E-state index is -0.00752. The maximum Gasteiger partial charge on any atom is 0.188 e. The molecule has 0 aliphatic heterocycles. The van der Waals surface area contributed by atoms with Crippen molar-refractivity contribution < 1.29 is 14.7 Å². The molecule has 0 aliphatic rings.